The predicted molar refractivity (Wildman–Crippen MR) is 106 cm³/mol. The molecule has 2 aromatic heterocycles. The van der Waals surface area contributed by atoms with E-state index in [2.05, 4.69) is 15.3 Å². The average Bonchev–Trinajstić information content (AvgIpc) is 3.38. The Morgan fingerprint density at radius 1 is 1.07 bits per heavy atom. The fourth-order valence-corrected chi connectivity index (χ4v) is 3.49. The number of nitrogens with zero attached hydrogens (tertiary/aromatic N) is 2. The SMILES string of the molecule is O=C(CCc1ncc(-c2ccccc2F)o1)Nc1nc(-c2cc(F)ccc2F)cs1. The second-order valence-corrected chi connectivity index (χ2v) is 7.17. The molecule has 0 aliphatic rings. The maximum Gasteiger partial charge on any atom is 0.226 e. The van der Waals surface area contributed by atoms with Gasteiger partial charge in [0.05, 0.1) is 17.5 Å². The summed E-state index contributed by atoms with van der Waals surface area (Å²) in [5.41, 5.74) is 0.544. The molecule has 2 aromatic carbocycles. The van der Waals surface area contributed by atoms with Gasteiger partial charge in [0, 0.05) is 23.8 Å². The van der Waals surface area contributed by atoms with E-state index in [-0.39, 0.29) is 40.9 Å². The Labute approximate surface area is 173 Å². The summed E-state index contributed by atoms with van der Waals surface area (Å²) in [6.45, 7) is 0. The Hall–Kier alpha value is -3.46. The number of aryl methyl sites for hydroxylation is 1. The lowest BCUT2D eigenvalue weighted by atomic mass is 10.1. The van der Waals surface area contributed by atoms with Crippen LogP contribution in [-0.2, 0) is 11.2 Å². The van der Waals surface area contributed by atoms with Crippen molar-refractivity contribution >= 4 is 22.4 Å². The molecular formula is C21H14F3N3O2S. The number of carbonyl (C=O) groups is 1. The molecule has 0 saturated heterocycles. The number of halogens is 3. The van der Waals surface area contributed by atoms with Gasteiger partial charge in [-0.1, -0.05) is 12.1 Å². The first-order chi connectivity index (χ1) is 14.5. The van der Waals surface area contributed by atoms with Gasteiger partial charge in [0.15, 0.2) is 16.8 Å². The molecular weight excluding hydrogens is 415 g/mol. The molecule has 9 heteroatoms. The Morgan fingerprint density at radius 3 is 2.70 bits per heavy atom. The number of anilines is 1. The topological polar surface area (TPSA) is 68.0 Å². The van der Waals surface area contributed by atoms with Crippen LogP contribution in [0.4, 0.5) is 18.3 Å². The molecule has 0 radical (unpaired) electrons. The van der Waals surface area contributed by atoms with Crippen molar-refractivity contribution < 1.29 is 22.4 Å². The molecule has 2 heterocycles. The number of oxazole rings is 1. The van der Waals surface area contributed by atoms with Crippen molar-refractivity contribution in [3.8, 4) is 22.6 Å². The summed E-state index contributed by atoms with van der Waals surface area (Å²) >= 11 is 1.10. The molecule has 5 nitrogen and oxygen atoms in total. The molecule has 1 amide bonds. The normalized spacial score (nSPS) is 10.9. The van der Waals surface area contributed by atoms with E-state index in [9.17, 15) is 18.0 Å². The van der Waals surface area contributed by atoms with Gasteiger partial charge >= 0.3 is 0 Å². The lowest BCUT2D eigenvalue weighted by Crippen LogP contribution is -2.12. The number of thiazole rings is 1. The highest BCUT2D eigenvalue weighted by Gasteiger charge is 2.14. The largest absolute Gasteiger partial charge is 0.441 e. The van der Waals surface area contributed by atoms with Crippen molar-refractivity contribution in [2.24, 2.45) is 0 Å². The summed E-state index contributed by atoms with van der Waals surface area (Å²) in [7, 11) is 0. The number of carbonyl (C=O) groups excluding carboxylic acids is 1. The number of hydrogen-bond acceptors (Lipinski definition) is 5. The van der Waals surface area contributed by atoms with Crippen molar-refractivity contribution in [2.45, 2.75) is 12.8 Å². The van der Waals surface area contributed by atoms with Gasteiger partial charge in [-0.3, -0.25) is 4.79 Å². The Kier molecular flexibility index (Phi) is 5.62. The van der Waals surface area contributed by atoms with E-state index in [1.54, 1.807) is 18.2 Å². The van der Waals surface area contributed by atoms with E-state index < -0.39 is 17.5 Å². The maximum atomic E-state index is 13.9. The van der Waals surface area contributed by atoms with Crippen LogP contribution in [0.5, 0.6) is 0 Å². The molecule has 152 valence electrons. The minimum atomic E-state index is -0.603. The quantitative estimate of drug-likeness (QED) is 0.442. The van der Waals surface area contributed by atoms with Crippen LogP contribution in [0.25, 0.3) is 22.6 Å². The Bertz CT molecular complexity index is 1210. The minimum absolute atomic E-state index is 0.0206. The van der Waals surface area contributed by atoms with Gasteiger partial charge in [-0.2, -0.15) is 0 Å². The molecule has 0 atom stereocenters. The first kappa shape index (κ1) is 19.8. The second kappa shape index (κ2) is 8.50. The smallest absolute Gasteiger partial charge is 0.226 e. The van der Waals surface area contributed by atoms with Crippen molar-refractivity contribution in [1.82, 2.24) is 9.97 Å². The summed E-state index contributed by atoms with van der Waals surface area (Å²) in [4.78, 5) is 20.4. The Balaban J connectivity index is 1.37. The van der Waals surface area contributed by atoms with Gasteiger partial charge in [0.25, 0.3) is 0 Å². The molecule has 0 saturated carbocycles. The van der Waals surface area contributed by atoms with Gasteiger partial charge in [0.2, 0.25) is 5.91 Å². The van der Waals surface area contributed by atoms with Gasteiger partial charge in [0.1, 0.15) is 17.5 Å². The second-order valence-electron chi connectivity index (χ2n) is 6.31. The molecule has 30 heavy (non-hydrogen) atoms. The first-order valence-corrected chi connectivity index (χ1v) is 9.78. The lowest BCUT2D eigenvalue weighted by molar-refractivity contribution is -0.116. The Morgan fingerprint density at radius 2 is 1.87 bits per heavy atom. The van der Waals surface area contributed by atoms with E-state index >= 15 is 0 Å². The van der Waals surface area contributed by atoms with Crippen molar-refractivity contribution in [1.29, 1.82) is 0 Å². The van der Waals surface area contributed by atoms with E-state index in [1.807, 2.05) is 0 Å². The summed E-state index contributed by atoms with van der Waals surface area (Å²) in [6.07, 6.45) is 1.67. The standard InChI is InChI=1S/C21H14F3N3O2S/c22-12-5-6-16(24)14(9-12)17-11-30-21(26-17)27-19(28)7-8-20-25-10-18(29-20)13-3-1-2-4-15(13)23/h1-6,9-11H,7-8H2,(H,26,27,28). The van der Waals surface area contributed by atoms with E-state index in [1.165, 1.54) is 17.6 Å². The van der Waals surface area contributed by atoms with Crippen LogP contribution in [0.3, 0.4) is 0 Å². The third-order valence-corrected chi connectivity index (χ3v) is 4.97. The number of hydrogen-bond donors (Lipinski definition) is 1. The van der Waals surface area contributed by atoms with Crippen LogP contribution in [0.2, 0.25) is 0 Å². The number of nitrogens with one attached hydrogen (secondary N) is 1. The summed E-state index contributed by atoms with van der Waals surface area (Å²) in [6, 6.07) is 9.25. The van der Waals surface area contributed by atoms with Crippen LogP contribution in [0, 0.1) is 17.5 Å². The lowest BCUT2D eigenvalue weighted by Gasteiger charge is -2.01. The molecule has 0 unspecified atom stereocenters. The maximum absolute atomic E-state index is 13.9. The zero-order valence-electron chi connectivity index (χ0n) is 15.4. The van der Waals surface area contributed by atoms with Gasteiger partial charge < -0.3 is 9.73 Å². The molecule has 0 fully saturated rings. The fraction of sp³-hybridized carbons (Fsp3) is 0.0952. The van der Waals surface area contributed by atoms with Crippen molar-refractivity contribution in [3.05, 3.63) is 77.4 Å². The molecule has 0 aliphatic heterocycles. The number of benzene rings is 2. The summed E-state index contributed by atoms with van der Waals surface area (Å²) < 4.78 is 46.5. The molecule has 0 spiro atoms. The first-order valence-electron chi connectivity index (χ1n) is 8.90. The van der Waals surface area contributed by atoms with Crippen LogP contribution in [-0.4, -0.2) is 15.9 Å². The number of rotatable bonds is 6. The molecule has 0 bridgehead atoms. The highest BCUT2D eigenvalue weighted by molar-refractivity contribution is 7.14. The summed E-state index contributed by atoms with van der Waals surface area (Å²) in [5, 5.41) is 4.40. The van der Waals surface area contributed by atoms with E-state index in [0.717, 1.165) is 29.5 Å². The molecule has 0 aliphatic carbocycles. The zero-order valence-corrected chi connectivity index (χ0v) is 16.2. The van der Waals surface area contributed by atoms with Crippen LogP contribution < -0.4 is 5.32 Å². The molecule has 4 rings (SSSR count). The third kappa shape index (κ3) is 4.41. The molecule has 4 aromatic rings. The van der Waals surface area contributed by atoms with Crippen molar-refractivity contribution in [2.75, 3.05) is 5.32 Å². The zero-order chi connectivity index (χ0) is 21.1. The van der Waals surface area contributed by atoms with Crippen LogP contribution in [0.15, 0.2) is 58.5 Å². The van der Waals surface area contributed by atoms with E-state index in [0.29, 0.717) is 11.5 Å². The minimum Gasteiger partial charge on any atom is -0.441 e. The van der Waals surface area contributed by atoms with Crippen LogP contribution in [0.1, 0.15) is 12.3 Å². The predicted octanol–water partition coefficient (Wildman–Crippen LogP) is 5.45. The fourth-order valence-electron chi connectivity index (χ4n) is 2.76. The van der Waals surface area contributed by atoms with Gasteiger partial charge in [-0.15, -0.1) is 11.3 Å². The van der Waals surface area contributed by atoms with Crippen LogP contribution >= 0.6 is 11.3 Å². The van der Waals surface area contributed by atoms with Crippen molar-refractivity contribution in [3.63, 3.8) is 0 Å². The number of aromatic nitrogens is 2. The monoisotopic (exact) mass is 429 g/mol. The van der Waals surface area contributed by atoms with Gasteiger partial charge in [-0.25, -0.2) is 23.1 Å². The van der Waals surface area contributed by atoms with E-state index in [4.69, 9.17) is 4.42 Å². The third-order valence-electron chi connectivity index (χ3n) is 4.21. The summed E-state index contributed by atoms with van der Waals surface area (Å²) in [5.74, 6) is -1.37. The average molecular weight is 429 g/mol. The van der Waals surface area contributed by atoms with Gasteiger partial charge in [-0.05, 0) is 30.3 Å². The highest BCUT2D eigenvalue weighted by atomic mass is 32.1. The highest BCUT2D eigenvalue weighted by Crippen LogP contribution is 2.28. The number of amides is 1. The molecule has 1 N–H and O–H groups in total.